The van der Waals surface area contributed by atoms with Gasteiger partial charge in [0.05, 0.1) is 15.0 Å². The smallest absolute Gasteiger partial charge is 0.345 e. The zero-order valence-corrected chi connectivity index (χ0v) is 21.0. The topological polar surface area (TPSA) is 133 Å². The Morgan fingerprint density at radius 1 is 1.20 bits per heavy atom. The minimum Gasteiger partial charge on any atom is -0.439 e. The molecule has 1 aliphatic carbocycles. The summed E-state index contributed by atoms with van der Waals surface area (Å²) in [5.74, 6) is -0.937. The van der Waals surface area contributed by atoms with Crippen LogP contribution < -0.4 is 0 Å². The summed E-state index contributed by atoms with van der Waals surface area (Å²) in [5, 5.41) is 15.7. The highest BCUT2D eigenvalue weighted by Gasteiger charge is 2.51. The quantitative estimate of drug-likeness (QED) is 0.159. The summed E-state index contributed by atoms with van der Waals surface area (Å²) in [6.07, 6.45) is 1.95. The molecule has 1 fully saturated rings. The van der Waals surface area contributed by atoms with Crippen LogP contribution in [0.4, 0.5) is 5.69 Å². The highest BCUT2D eigenvalue weighted by Crippen LogP contribution is 2.44. The molecule has 1 aromatic heterocycles. The van der Waals surface area contributed by atoms with E-state index in [2.05, 4.69) is 5.16 Å². The van der Waals surface area contributed by atoms with Crippen molar-refractivity contribution in [3.63, 3.8) is 0 Å². The van der Waals surface area contributed by atoms with Gasteiger partial charge in [0.2, 0.25) is 0 Å². The van der Waals surface area contributed by atoms with E-state index in [1.54, 1.807) is 0 Å². The van der Waals surface area contributed by atoms with Crippen LogP contribution in [0, 0.1) is 10.1 Å². The van der Waals surface area contributed by atoms with Crippen LogP contribution in [0.15, 0.2) is 52.1 Å². The van der Waals surface area contributed by atoms with Gasteiger partial charge in [0, 0.05) is 36.5 Å². The van der Waals surface area contributed by atoms with E-state index in [0.717, 1.165) is 22.7 Å². The third kappa shape index (κ3) is 4.50. The number of carbonyl (C=O) groups excluding carboxylic acids is 1. The van der Waals surface area contributed by atoms with Gasteiger partial charge in [-0.15, -0.1) is 0 Å². The number of esters is 1. The van der Waals surface area contributed by atoms with Crippen molar-refractivity contribution in [2.24, 2.45) is 0 Å². The number of nitro groups is 1. The SMILES string of the molecule is CN(C1(OC(=O)c2conc2-c2c(Cl)cc(Cl)cc2Cl)CCC1)S(=O)(=O)c1ccccc1[N+](=O)[O-]. The summed E-state index contributed by atoms with van der Waals surface area (Å²) in [5.41, 5.74) is -2.13. The van der Waals surface area contributed by atoms with Gasteiger partial charge in [-0.25, -0.2) is 13.2 Å². The molecule has 0 atom stereocenters. The molecule has 0 unspecified atom stereocenters. The molecule has 0 saturated heterocycles. The van der Waals surface area contributed by atoms with Crippen molar-refractivity contribution in [1.29, 1.82) is 0 Å². The molecule has 184 valence electrons. The van der Waals surface area contributed by atoms with Gasteiger partial charge in [0.15, 0.2) is 10.6 Å². The molecule has 0 spiro atoms. The van der Waals surface area contributed by atoms with E-state index in [9.17, 15) is 23.3 Å². The van der Waals surface area contributed by atoms with E-state index >= 15 is 0 Å². The van der Waals surface area contributed by atoms with E-state index in [-0.39, 0.29) is 44.7 Å². The molecule has 1 aliphatic rings. The van der Waals surface area contributed by atoms with Crippen molar-refractivity contribution in [3.05, 3.63) is 73.4 Å². The van der Waals surface area contributed by atoms with Crippen LogP contribution in [0.25, 0.3) is 11.3 Å². The number of hydrogen-bond acceptors (Lipinski definition) is 8. The summed E-state index contributed by atoms with van der Waals surface area (Å²) in [7, 11) is -3.20. The number of rotatable bonds is 7. The molecule has 14 heteroatoms. The number of nitrogens with zero attached hydrogens (tertiary/aromatic N) is 3. The van der Waals surface area contributed by atoms with E-state index in [1.807, 2.05) is 0 Å². The number of benzene rings is 2. The van der Waals surface area contributed by atoms with Crippen molar-refractivity contribution in [2.45, 2.75) is 29.9 Å². The van der Waals surface area contributed by atoms with Crippen LogP contribution in [0.2, 0.25) is 15.1 Å². The van der Waals surface area contributed by atoms with Crippen molar-refractivity contribution in [2.75, 3.05) is 7.05 Å². The maximum absolute atomic E-state index is 13.3. The second kappa shape index (κ2) is 9.40. The molecule has 1 heterocycles. The Bertz CT molecular complexity index is 1410. The van der Waals surface area contributed by atoms with Crippen LogP contribution in [0.3, 0.4) is 0 Å². The summed E-state index contributed by atoms with van der Waals surface area (Å²) >= 11 is 18.4. The Kier molecular flexibility index (Phi) is 6.82. The Balaban J connectivity index is 1.68. The number of aromatic nitrogens is 1. The van der Waals surface area contributed by atoms with E-state index in [0.29, 0.717) is 6.42 Å². The molecule has 4 rings (SSSR count). The third-order valence-electron chi connectivity index (χ3n) is 5.73. The fourth-order valence-corrected chi connectivity index (χ4v) is 6.32. The first-order valence-electron chi connectivity index (χ1n) is 10.0. The van der Waals surface area contributed by atoms with Crippen LogP contribution in [0.1, 0.15) is 29.6 Å². The molecule has 10 nitrogen and oxygen atoms in total. The molecular formula is C21H16Cl3N3O7S. The van der Waals surface area contributed by atoms with Crippen molar-refractivity contribution < 1.29 is 27.4 Å². The first kappa shape index (κ1) is 25.4. The minimum atomic E-state index is -4.41. The lowest BCUT2D eigenvalue weighted by molar-refractivity contribution is -0.387. The molecule has 0 radical (unpaired) electrons. The summed E-state index contributed by atoms with van der Waals surface area (Å²) in [4.78, 5) is 23.3. The van der Waals surface area contributed by atoms with Gasteiger partial charge in [-0.05, 0) is 24.6 Å². The maximum Gasteiger partial charge on any atom is 0.345 e. The highest BCUT2D eigenvalue weighted by molar-refractivity contribution is 7.89. The van der Waals surface area contributed by atoms with E-state index < -0.39 is 37.2 Å². The number of halogens is 3. The Morgan fingerprint density at radius 3 is 2.40 bits per heavy atom. The molecule has 0 bridgehead atoms. The van der Waals surface area contributed by atoms with Crippen LogP contribution >= 0.6 is 34.8 Å². The largest absolute Gasteiger partial charge is 0.439 e. The fourth-order valence-electron chi connectivity index (χ4n) is 3.71. The lowest BCUT2D eigenvalue weighted by Crippen LogP contribution is -2.57. The second-order valence-corrected chi connectivity index (χ2v) is 10.9. The molecule has 0 amide bonds. The lowest BCUT2D eigenvalue weighted by Gasteiger charge is -2.46. The Labute approximate surface area is 214 Å². The number of ether oxygens (including phenoxy) is 1. The Morgan fingerprint density at radius 2 is 1.83 bits per heavy atom. The third-order valence-corrected chi connectivity index (χ3v) is 8.49. The first-order valence-corrected chi connectivity index (χ1v) is 12.6. The molecule has 0 N–H and O–H groups in total. The van der Waals surface area contributed by atoms with Gasteiger partial charge < -0.3 is 9.26 Å². The molecule has 1 saturated carbocycles. The minimum absolute atomic E-state index is 0.0136. The maximum atomic E-state index is 13.3. The van der Waals surface area contributed by atoms with E-state index in [4.69, 9.17) is 44.1 Å². The van der Waals surface area contributed by atoms with Crippen molar-refractivity contribution in [1.82, 2.24) is 9.46 Å². The van der Waals surface area contributed by atoms with Gasteiger partial charge in [-0.3, -0.25) is 10.1 Å². The summed E-state index contributed by atoms with van der Waals surface area (Å²) in [6.45, 7) is 0. The fraction of sp³-hybridized carbons (Fsp3) is 0.238. The Hall–Kier alpha value is -2.70. The number of para-hydroxylation sites is 1. The first-order chi connectivity index (χ1) is 16.5. The molecule has 0 aliphatic heterocycles. The van der Waals surface area contributed by atoms with E-state index in [1.165, 1.54) is 31.3 Å². The molecule has 3 aromatic rings. The van der Waals surface area contributed by atoms with Crippen molar-refractivity contribution in [3.8, 4) is 11.3 Å². The second-order valence-electron chi connectivity index (χ2n) is 7.71. The van der Waals surface area contributed by atoms with Crippen LogP contribution in [-0.2, 0) is 14.8 Å². The van der Waals surface area contributed by atoms with Crippen LogP contribution in [0.5, 0.6) is 0 Å². The molecule has 35 heavy (non-hydrogen) atoms. The van der Waals surface area contributed by atoms with Crippen molar-refractivity contribution >= 4 is 56.5 Å². The van der Waals surface area contributed by atoms with Gasteiger partial charge in [0.25, 0.3) is 15.7 Å². The number of hydrogen-bond donors (Lipinski definition) is 0. The lowest BCUT2D eigenvalue weighted by atomic mass is 9.88. The monoisotopic (exact) mass is 559 g/mol. The number of carbonyl (C=O) groups is 1. The van der Waals surface area contributed by atoms with Gasteiger partial charge >= 0.3 is 5.97 Å². The zero-order valence-electron chi connectivity index (χ0n) is 17.9. The van der Waals surface area contributed by atoms with Crippen LogP contribution in [-0.4, -0.2) is 41.5 Å². The molecular weight excluding hydrogens is 545 g/mol. The number of nitro benzene ring substituents is 1. The number of sulfonamides is 1. The van der Waals surface area contributed by atoms with Gasteiger partial charge in [-0.1, -0.05) is 52.1 Å². The van der Waals surface area contributed by atoms with Gasteiger partial charge in [-0.2, -0.15) is 4.31 Å². The normalized spacial score (nSPS) is 15.0. The predicted octanol–water partition coefficient (Wildman–Crippen LogP) is 5.57. The summed E-state index contributed by atoms with van der Waals surface area (Å²) in [6, 6.07) is 7.76. The highest BCUT2D eigenvalue weighted by atomic mass is 35.5. The molecule has 2 aromatic carbocycles. The average Bonchev–Trinajstić information content (AvgIpc) is 3.24. The standard InChI is InChI=1S/C21H16Cl3N3O7S/c1-26(35(31,32)17-6-3-2-5-16(17)27(29)30)21(7-4-8-21)34-20(28)13-11-33-25-19(13)18-14(23)9-12(22)10-15(18)24/h2-3,5-6,9-11H,4,7-8H2,1H3. The average molecular weight is 561 g/mol. The summed E-state index contributed by atoms with van der Waals surface area (Å²) < 4.78 is 38.1. The predicted molar refractivity (Wildman–Crippen MR) is 127 cm³/mol. The van der Waals surface area contributed by atoms with Gasteiger partial charge in [0.1, 0.15) is 17.5 Å². The zero-order chi connectivity index (χ0) is 25.5.